The lowest BCUT2D eigenvalue weighted by Gasteiger charge is -2.22. The number of hydrogen-bond acceptors (Lipinski definition) is 3. The van der Waals surface area contributed by atoms with Gasteiger partial charge in [-0.1, -0.05) is 18.2 Å². The molecule has 1 fully saturated rings. The maximum Gasteiger partial charge on any atom is 0.272 e. The smallest absolute Gasteiger partial charge is 0.272 e. The van der Waals surface area contributed by atoms with Crippen LogP contribution < -0.4 is 16.2 Å². The van der Waals surface area contributed by atoms with Crippen LogP contribution in [0.15, 0.2) is 65.6 Å². The average molecular weight is 400 g/mol. The Hall–Kier alpha value is -3.38. The average Bonchev–Trinajstić information content (AvgIpc) is 3.20. The number of nitrogens with zero attached hydrogens (tertiary/aromatic N) is 1. The number of nitrogens with one attached hydrogen (secondary N) is 3. The van der Waals surface area contributed by atoms with E-state index in [9.17, 15) is 9.59 Å². The molecule has 2 aromatic carbocycles. The predicted molar refractivity (Wildman–Crippen MR) is 119 cm³/mol. The van der Waals surface area contributed by atoms with Crippen LogP contribution in [0.25, 0.3) is 27.5 Å². The minimum atomic E-state index is -0.144. The number of H-pyrrole nitrogens is 1. The van der Waals surface area contributed by atoms with E-state index in [1.54, 1.807) is 0 Å². The van der Waals surface area contributed by atoms with Crippen molar-refractivity contribution in [1.29, 1.82) is 0 Å². The Kier molecular flexibility index (Phi) is 4.85. The first-order chi connectivity index (χ1) is 14.7. The summed E-state index contributed by atoms with van der Waals surface area (Å²) in [5.74, 6) is 0.492. The summed E-state index contributed by atoms with van der Waals surface area (Å²) in [6.07, 6.45) is 4.08. The highest BCUT2D eigenvalue weighted by atomic mass is 16.1. The molecule has 1 amide bonds. The molecule has 0 bridgehead atoms. The monoisotopic (exact) mass is 400 g/mol. The molecular weight excluding hydrogens is 376 g/mol. The van der Waals surface area contributed by atoms with Crippen molar-refractivity contribution in [2.75, 3.05) is 19.6 Å². The molecule has 1 aliphatic heterocycles. The van der Waals surface area contributed by atoms with Crippen LogP contribution in [-0.4, -0.2) is 35.1 Å². The van der Waals surface area contributed by atoms with Crippen molar-refractivity contribution in [3.8, 4) is 5.69 Å². The molecule has 6 nitrogen and oxygen atoms in total. The predicted octanol–water partition coefficient (Wildman–Crippen LogP) is 3.20. The van der Waals surface area contributed by atoms with Crippen molar-refractivity contribution in [3.63, 3.8) is 0 Å². The zero-order valence-electron chi connectivity index (χ0n) is 16.7. The summed E-state index contributed by atoms with van der Waals surface area (Å²) in [4.78, 5) is 28.2. The van der Waals surface area contributed by atoms with Crippen LogP contribution in [0.5, 0.6) is 0 Å². The molecular formula is C24H24N4O2. The van der Waals surface area contributed by atoms with E-state index >= 15 is 0 Å². The first-order valence-electron chi connectivity index (χ1n) is 10.4. The molecule has 1 saturated heterocycles. The van der Waals surface area contributed by atoms with Crippen LogP contribution in [0.1, 0.15) is 23.2 Å². The molecule has 1 aliphatic rings. The second-order valence-corrected chi connectivity index (χ2v) is 7.93. The normalized spacial score (nSPS) is 14.9. The zero-order valence-corrected chi connectivity index (χ0v) is 16.7. The minimum Gasteiger partial charge on any atom is -0.352 e. The molecule has 3 heterocycles. The number of hydrogen-bond donors (Lipinski definition) is 3. The number of piperidine rings is 1. The van der Waals surface area contributed by atoms with Crippen molar-refractivity contribution >= 4 is 27.7 Å². The minimum absolute atomic E-state index is 0.0493. The van der Waals surface area contributed by atoms with Gasteiger partial charge < -0.3 is 20.2 Å². The number of para-hydroxylation sites is 1. The summed E-state index contributed by atoms with van der Waals surface area (Å²) in [5.41, 5.74) is 2.77. The van der Waals surface area contributed by atoms with Crippen LogP contribution in [0.2, 0.25) is 0 Å². The maximum atomic E-state index is 12.6. The molecule has 0 saturated carbocycles. The number of carbonyl (C=O) groups is 1. The third-order valence-electron chi connectivity index (χ3n) is 5.96. The van der Waals surface area contributed by atoms with Gasteiger partial charge in [0.2, 0.25) is 0 Å². The summed E-state index contributed by atoms with van der Waals surface area (Å²) < 4.78 is 1.87. The van der Waals surface area contributed by atoms with Gasteiger partial charge in [-0.15, -0.1) is 0 Å². The van der Waals surface area contributed by atoms with Crippen LogP contribution in [0.3, 0.4) is 0 Å². The Morgan fingerprint density at radius 3 is 2.73 bits per heavy atom. The number of pyridine rings is 1. The summed E-state index contributed by atoms with van der Waals surface area (Å²) >= 11 is 0. The molecule has 4 aromatic rings. The third kappa shape index (κ3) is 3.50. The van der Waals surface area contributed by atoms with E-state index < -0.39 is 0 Å². The Bertz CT molecular complexity index is 1280. The fraction of sp³-hybridized carbons (Fsp3) is 0.250. The van der Waals surface area contributed by atoms with Gasteiger partial charge in [-0.25, -0.2) is 0 Å². The van der Waals surface area contributed by atoms with E-state index in [-0.39, 0.29) is 11.5 Å². The molecule has 2 aromatic heterocycles. The van der Waals surface area contributed by atoms with E-state index in [0.29, 0.717) is 23.7 Å². The van der Waals surface area contributed by atoms with Crippen molar-refractivity contribution in [2.45, 2.75) is 12.8 Å². The highest BCUT2D eigenvalue weighted by Gasteiger charge is 2.15. The van der Waals surface area contributed by atoms with Crippen LogP contribution in [0.4, 0.5) is 0 Å². The topological polar surface area (TPSA) is 78.9 Å². The lowest BCUT2D eigenvalue weighted by Crippen LogP contribution is -2.35. The summed E-state index contributed by atoms with van der Waals surface area (Å²) in [6, 6.07) is 17.2. The van der Waals surface area contributed by atoms with E-state index in [4.69, 9.17) is 0 Å². The number of benzene rings is 2. The largest absolute Gasteiger partial charge is 0.352 e. The SMILES string of the molecule is O=C(NCC1CCNCC1)c1ccc2c(ccn2-c2cc3ccccc3[nH]c2=O)c1. The van der Waals surface area contributed by atoms with Crippen molar-refractivity contribution < 1.29 is 4.79 Å². The second kappa shape index (κ2) is 7.80. The summed E-state index contributed by atoms with van der Waals surface area (Å²) in [7, 11) is 0. The summed E-state index contributed by atoms with van der Waals surface area (Å²) in [5, 5.41) is 8.32. The number of carbonyl (C=O) groups excluding carboxylic acids is 1. The van der Waals surface area contributed by atoms with Gasteiger partial charge in [0.1, 0.15) is 5.69 Å². The Labute approximate surface area is 173 Å². The number of amides is 1. The quantitative estimate of drug-likeness (QED) is 0.492. The lowest BCUT2D eigenvalue weighted by atomic mass is 9.98. The van der Waals surface area contributed by atoms with E-state index in [1.807, 2.05) is 65.4 Å². The molecule has 0 aliphatic carbocycles. The molecule has 3 N–H and O–H groups in total. The zero-order chi connectivity index (χ0) is 20.5. The van der Waals surface area contributed by atoms with Crippen LogP contribution in [0, 0.1) is 5.92 Å². The van der Waals surface area contributed by atoms with Crippen molar-refractivity contribution in [3.05, 3.63) is 76.7 Å². The third-order valence-corrected chi connectivity index (χ3v) is 5.96. The lowest BCUT2D eigenvalue weighted by molar-refractivity contribution is 0.0944. The molecule has 5 rings (SSSR count). The van der Waals surface area contributed by atoms with Gasteiger partial charge in [0, 0.05) is 34.6 Å². The fourth-order valence-electron chi connectivity index (χ4n) is 4.23. The van der Waals surface area contributed by atoms with Gasteiger partial charge >= 0.3 is 0 Å². The van der Waals surface area contributed by atoms with Gasteiger partial charge in [-0.2, -0.15) is 0 Å². The van der Waals surface area contributed by atoms with E-state index in [0.717, 1.165) is 47.7 Å². The molecule has 0 spiro atoms. The molecule has 0 radical (unpaired) electrons. The maximum absolute atomic E-state index is 12.6. The molecule has 6 heteroatoms. The van der Waals surface area contributed by atoms with Crippen LogP contribution >= 0.6 is 0 Å². The first-order valence-corrected chi connectivity index (χ1v) is 10.4. The number of aromatic nitrogens is 2. The van der Waals surface area contributed by atoms with Gasteiger partial charge in [0.25, 0.3) is 11.5 Å². The van der Waals surface area contributed by atoms with Gasteiger partial charge in [0.15, 0.2) is 0 Å². The second-order valence-electron chi connectivity index (χ2n) is 7.93. The van der Waals surface area contributed by atoms with E-state index in [1.165, 1.54) is 0 Å². The molecule has 152 valence electrons. The van der Waals surface area contributed by atoms with Crippen LogP contribution in [-0.2, 0) is 0 Å². The van der Waals surface area contributed by atoms with Gasteiger partial charge in [0.05, 0.1) is 5.52 Å². The number of aromatic amines is 1. The Morgan fingerprint density at radius 2 is 1.87 bits per heavy atom. The fourth-order valence-corrected chi connectivity index (χ4v) is 4.23. The summed E-state index contributed by atoms with van der Waals surface area (Å²) in [6.45, 7) is 2.76. The van der Waals surface area contributed by atoms with E-state index in [2.05, 4.69) is 15.6 Å². The number of fused-ring (bicyclic) bond motifs is 2. The Morgan fingerprint density at radius 1 is 1.03 bits per heavy atom. The van der Waals surface area contributed by atoms with Crippen molar-refractivity contribution in [1.82, 2.24) is 20.2 Å². The van der Waals surface area contributed by atoms with Gasteiger partial charge in [-0.3, -0.25) is 9.59 Å². The van der Waals surface area contributed by atoms with Crippen molar-refractivity contribution in [2.24, 2.45) is 5.92 Å². The standard InChI is InChI=1S/C24H24N4O2/c29-23(26-15-16-7-10-25-11-8-16)19-5-6-21-18(13-19)9-12-28(21)22-14-17-3-1-2-4-20(17)27-24(22)30/h1-6,9,12-14,16,25H,7-8,10-11,15H2,(H,26,29)(H,27,30). The highest BCUT2D eigenvalue weighted by molar-refractivity contribution is 5.98. The Balaban J connectivity index is 1.42. The molecule has 0 atom stereocenters. The molecule has 30 heavy (non-hydrogen) atoms. The molecule has 0 unspecified atom stereocenters. The first kappa shape index (κ1) is 18.6. The number of rotatable bonds is 4. The van der Waals surface area contributed by atoms with Gasteiger partial charge in [-0.05, 0) is 68.2 Å². The highest BCUT2D eigenvalue weighted by Crippen LogP contribution is 2.22.